The molecule has 0 amide bonds. The summed E-state index contributed by atoms with van der Waals surface area (Å²) in [5.74, 6) is -0.186. The first-order valence-corrected chi connectivity index (χ1v) is 7.50. The van der Waals surface area contributed by atoms with Gasteiger partial charge in [0.2, 0.25) is 0 Å². The van der Waals surface area contributed by atoms with E-state index in [0.717, 1.165) is 24.9 Å². The zero-order valence-corrected chi connectivity index (χ0v) is 12.9. The molecule has 20 heavy (non-hydrogen) atoms. The molecular weight excluding hydrogens is 253 g/mol. The number of rotatable bonds is 4. The third kappa shape index (κ3) is 4.03. The molecule has 2 rings (SSSR count). The largest absolute Gasteiger partial charge is 0.374 e. The maximum Gasteiger partial charge on any atom is 0.123 e. The van der Waals surface area contributed by atoms with Crippen LogP contribution in [-0.2, 0) is 4.74 Å². The quantitative estimate of drug-likeness (QED) is 0.897. The molecule has 0 bridgehead atoms. The van der Waals surface area contributed by atoms with Gasteiger partial charge in [0.25, 0.3) is 0 Å². The predicted octanol–water partition coefficient (Wildman–Crippen LogP) is 4.07. The number of benzene rings is 1. The molecule has 1 fully saturated rings. The van der Waals surface area contributed by atoms with Crippen molar-refractivity contribution in [3.63, 3.8) is 0 Å². The lowest BCUT2D eigenvalue weighted by atomic mass is 9.82. The van der Waals surface area contributed by atoms with E-state index in [0.29, 0.717) is 12.2 Å². The summed E-state index contributed by atoms with van der Waals surface area (Å²) in [5, 5.41) is 3.61. The summed E-state index contributed by atoms with van der Waals surface area (Å²) < 4.78 is 18.9. The van der Waals surface area contributed by atoms with Crippen molar-refractivity contribution in [1.82, 2.24) is 5.32 Å². The first-order chi connectivity index (χ1) is 9.36. The highest BCUT2D eigenvalue weighted by molar-refractivity contribution is 5.21. The zero-order valence-electron chi connectivity index (χ0n) is 12.9. The summed E-state index contributed by atoms with van der Waals surface area (Å²) in [6, 6.07) is 7.00. The van der Waals surface area contributed by atoms with Crippen LogP contribution in [0.15, 0.2) is 24.3 Å². The fraction of sp³-hybridized carbons (Fsp3) is 0.647. The maximum atomic E-state index is 13.1. The lowest BCUT2D eigenvalue weighted by Crippen LogP contribution is -2.37. The zero-order chi connectivity index (χ0) is 14.8. The van der Waals surface area contributed by atoms with E-state index in [9.17, 15) is 4.39 Å². The minimum Gasteiger partial charge on any atom is -0.374 e. The van der Waals surface area contributed by atoms with Crippen LogP contribution in [0.2, 0.25) is 0 Å². The van der Waals surface area contributed by atoms with E-state index in [-0.39, 0.29) is 17.3 Å². The van der Waals surface area contributed by atoms with Crippen LogP contribution in [0.25, 0.3) is 0 Å². The molecule has 3 atom stereocenters. The molecule has 0 radical (unpaired) electrons. The Balaban J connectivity index is 2.03. The highest BCUT2D eigenvalue weighted by atomic mass is 19.1. The first kappa shape index (κ1) is 15.5. The Kier molecular flexibility index (Phi) is 4.82. The third-order valence-corrected chi connectivity index (χ3v) is 3.94. The van der Waals surface area contributed by atoms with Crippen molar-refractivity contribution in [1.29, 1.82) is 0 Å². The van der Waals surface area contributed by atoms with Gasteiger partial charge in [0.05, 0.1) is 12.2 Å². The Morgan fingerprint density at radius 2 is 1.90 bits per heavy atom. The molecule has 1 aromatic rings. The van der Waals surface area contributed by atoms with Gasteiger partial charge in [0.1, 0.15) is 5.82 Å². The van der Waals surface area contributed by atoms with Gasteiger partial charge in [-0.3, -0.25) is 0 Å². The van der Waals surface area contributed by atoms with E-state index in [1.165, 1.54) is 12.1 Å². The van der Waals surface area contributed by atoms with Gasteiger partial charge in [-0.25, -0.2) is 4.39 Å². The average Bonchev–Trinajstić information content (AvgIpc) is 2.76. The summed E-state index contributed by atoms with van der Waals surface area (Å²) >= 11 is 0. The fourth-order valence-electron chi connectivity index (χ4n) is 2.86. The number of halogens is 1. The molecule has 0 aromatic heterocycles. The van der Waals surface area contributed by atoms with Crippen LogP contribution < -0.4 is 5.32 Å². The van der Waals surface area contributed by atoms with Crippen LogP contribution in [0.1, 0.15) is 52.1 Å². The lowest BCUT2D eigenvalue weighted by Gasteiger charge is -2.33. The van der Waals surface area contributed by atoms with Crippen molar-refractivity contribution in [3.8, 4) is 0 Å². The molecule has 1 heterocycles. The number of nitrogens with one attached hydrogen (secondary N) is 1. The molecule has 3 heteroatoms. The molecule has 0 spiro atoms. The second-order valence-corrected chi connectivity index (χ2v) is 6.90. The van der Waals surface area contributed by atoms with E-state index in [1.54, 1.807) is 0 Å². The Morgan fingerprint density at radius 1 is 1.25 bits per heavy atom. The molecule has 0 aliphatic carbocycles. The third-order valence-electron chi connectivity index (χ3n) is 3.94. The van der Waals surface area contributed by atoms with Gasteiger partial charge in [0, 0.05) is 12.6 Å². The van der Waals surface area contributed by atoms with Gasteiger partial charge in [-0.05, 0) is 42.9 Å². The van der Waals surface area contributed by atoms with Gasteiger partial charge in [-0.15, -0.1) is 0 Å². The summed E-state index contributed by atoms with van der Waals surface area (Å²) in [5.41, 5.74) is 1.20. The molecule has 3 unspecified atom stereocenters. The summed E-state index contributed by atoms with van der Waals surface area (Å²) in [7, 11) is 0. The van der Waals surface area contributed by atoms with Gasteiger partial charge in [0.15, 0.2) is 0 Å². The van der Waals surface area contributed by atoms with Crippen LogP contribution in [0.4, 0.5) is 4.39 Å². The predicted molar refractivity (Wildman–Crippen MR) is 80.2 cm³/mol. The first-order valence-electron chi connectivity index (χ1n) is 7.50. The second-order valence-electron chi connectivity index (χ2n) is 6.90. The summed E-state index contributed by atoms with van der Waals surface area (Å²) in [6.45, 7) is 9.58. The SMILES string of the molecule is CC1CCC(CNC(c2ccc(F)cc2)C(C)(C)C)O1. The van der Waals surface area contributed by atoms with Crippen molar-refractivity contribution in [2.45, 2.75) is 58.8 Å². The lowest BCUT2D eigenvalue weighted by molar-refractivity contribution is 0.0512. The normalized spacial score (nSPS) is 24.9. The Labute approximate surface area is 121 Å². The van der Waals surface area contributed by atoms with E-state index in [2.05, 4.69) is 33.0 Å². The van der Waals surface area contributed by atoms with Crippen LogP contribution in [0.5, 0.6) is 0 Å². The van der Waals surface area contributed by atoms with Crippen molar-refractivity contribution in [2.75, 3.05) is 6.54 Å². The highest BCUT2D eigenvalue weighted by Gasteiger charge is 2.28. The van der Waals surface area contributed by atoms with Crippen LogP contribution >= 0.6 is 0 Å². The minimum absolute atomic E-state index is 0.0715. The summed E-state index contributed by atoms with van der Waals surface area (Å²) in [4.78, 5) is 0. The molecule has 1 saturated heterocycles. The van der Waals surface area contributed by atoms with Crippen molar-refractivity contribution in [3.05, 3.63) is 35.6 Å². The fourth-order valence-corrected chi connectivity index (χ4v) is 2.86. The molecule has 0 saturated carbocycles. The molecule has 112 valence electrons. The number of hydrogen-bond acceptors (Lipinski definition) is 2. The van der Waals surface area contributed by atoms with Crippen molar-refractivity contribution >= 4 is 0 Å². The standard InChI is InChI=1S/C17H26FNO/c1-12-5-10-15(20-12)11-19-16(17(2,3)4)13-6-8-14(18)9-7-13/h6-9,12,15-16,19H,5,10-11H2,1-4H3. The Bertz CT molecular complexity index is 424. The topological polar surface area (TPSA) is 21.3 Å². The van der Waals surface area contributed by atoms with Gasteiger partial charge in [-0.1, -0.05) is 32.9 Å². The van der Waals surface area contributed by atoms with E-state index < -0.39 is 0 Å². The maximum absolute atomic E-state index is 13.1. The monoisotopic (exact) mass is 279 g/mol. The van der Waals surface area contributed by atoms with Gasteiger partial charge in [-0.2, -0.15) is 0 Å². The van der Waals surface area contributed by atoms with Crippen LogP contribution in [0, 0.1) is 11.2 Å². The van der Waals surface area contributed by atoms with Crippen LogP contribution in [0.3, 0.4) is 0 Å². The number of hydrogen-bond donors (Lipinski definition) is 1. The molecular formula is C17H26FNO. The van der Waals surface area contributed by atoms with Crippen molar-refractivity contribution < 1.29 is 9.13 Å². The summed E-state index contributed by atoms with van der Waals surface area (Å²) in [6.07, 6.45) is 2.94. The van der Waals surface area contributed by atoms with Crippen molar-refractivity contribution in [2.24, 2.45) is 5.41 Å². The van der Waals surface area contributed by atoms with Gasteiger partial charge < -0.3 is 10.1 Å². The highest BCUT2D eigenvalue weighted by Crippen LogP contribution is 2.33. The molecule has 2 nitrogen and oxygen atoms in total. The molecule has 1 N–H and O–H groups in total. The average molecular weight is 279 g/mol. The smallest absolute Gasteiger partial charge is 0.123 e. The minimum atomic E-state index is -0.186. The molecule has 1 aromatic carbocycles. The number of ether oxygens (including phenoxy) is 1. The van der Waals surface area contributed by atoms with Crippen LogP contribution in [-0.4, -0.2) is 18.8 Å². The second kappa shape index (κ2) is 6.23. The van der Waals surface area contributed by atoms with E-state index >= 15 is 0 Å². The molecule has 1 aliphatic rings. The van der Waals surface area contributed by atoms with E-state index in [1.807, 2.05) is 12.1 Å². The molecule has 1 aliphatic heterocycles. The van der Waals surface area contributed by atoms with Gasteiger partial charge >= 0.3 is 0 Å². The Morgan fingerprint density at radius 3 is 2.40 bits per heavy atom. The Hall–Kier alpha value is -0.930. The van der Waals surface area contributed by atoms with E-state index in [4.69, 9.17) is 4.74 Å².